The van der Waals surface area contributed by atoms with E-state index in [1.165, 1.54) is 42.0 Å². The fourth-order valence-electron chi connectivity index (χ4n) is 5.52. The van der Waals surface area contributed by atoms with Crippen LogP contribution in [-0.4, -0.2) is 71.5 Å². The van der Waals surface area contributed by atoms with E-state index < -0.39 is 46.1 Å². The molecule has 57 heavy (non-hydrogen) atoms. The Morgan fingerprint density at radius 1 is 0.877 bits per heavy atom. The first kappa shape index (κ1) is 44.8. The Balaban J connectivity index is 0.00000354. The van der Waals surface area contributed by atoms with Gasteiger partial charge in [-0.3, -0.25) is 9.59 Å². The lowest BCUT2D eigenvalue weighted by Crippen LogP contribution is -2.42. The number of anilines is 2. The molecule has 0 aliphatic carbocycles. The summed E-state index contributed by atoms with van der Waals surface area (Å²) in [7, 11) is -2.33. The van der Waals surface area contributed by atoms with Gasteiger partial charge in [-0.15, -0.1) is 5.10 Å². The molecule has 1 unspecified atom stereocenters. The van der Waals surface area contributed by atoms with Crippen LogP contribution in [0.2, 0.25) is 0 Å². The van der Waals surface area contributed by atoms with Crippen LogP contribution in [0, 0.1) is 17.7 Å². The van der Waals surface area contributed by atoms with E-state index in [1.807, 2.05) is 35.3 Å². The number of halogens is 2. The van der Waals surface area contributed by atoms with Gasteiger partial charge in [-0.2, -0.15) is 4.98 Å². The van der Waals surface area contributed by atoms with Gasteiger partial charge in [-0.25, -0.2) is 27.0 Å². The topological polar surface area (TPSA) is 172 Å². The number of carbonyl (C=O) groups is 3. The summed E-state index contributed by atoms with van der Waals surface area (Å²) in [5.41, 5.74) is 9.53. The monoisotopic (exact) mass is 915 g/mol. The highest BCUT2D eigenvalue weighted by atomic mass is 127. The SMILES string of the molecule is CI.COc1cc(S(C)(=O)=O)ccc1N(C(=O)OC(OC(=O)[C@@H](N)C(C)C)C(C)C)c1nc2ccc(-c3ccc(CC(=O)[C@H](C)c4ccc(F)cc4)cc3)cn2n1. The number of pyridine rings is 1. The maximum absolute atomic E-state index is 14.1. The number of esters is 1. The molecule has 5 aromatic rings. The zero-order valence-electron chi connectivity index (χ0n) is 33.0. The van der Waals surface area contributed by atoms with Crippen LogP contribution in [-0.2, 0) is 35.3 Å². The van der Waals surface area contributed by atoms with E-state index in [9.17, 15) is 27.2 Å². The van der Waals surface area contributed by atoms with Crippen molar-refractivity contribution < 1.29 is 41.4 Å². The summed E-state index contributed by atoms with van der Waals surface area (Å²) < 4.78 is 56.3. The first-order chi connectivity index (χ1) is 27.0. The number of Topliss-reactive ketones (excluding diaryl/α,β-unsaturated/α-hetero) is 1. The number of nitrogens with zero attached hydrogens (tertiary/aromatic N) is 4. The predicted octanol–water partition coefficient (Wildman–Crippen LogP) is 7.70. The Hall–Kier alpha value is -4.94. The number of fused-ring (bicyclic) bond motifs is 1. The standard InChI is InChI=1S/C40H44FN5O8S.CH3I/c1-23(2)36(42)37(48)53-38(24(3)4)54-40(49)46(32-18-17-31(55(7,50)51)21-34(32)52-6)39-43-35-19-14-29(22-45(35)44-39)28-10-8-26(9-11-28)20-33(47)25(5)27-12-15-30(41)16-13-27;1-2/h8-19,21-25,36,38H,20,42H2,1-7H3;1H3/t25-,36+,38?;/m1./s1. The van der Waals surface area contributed by atoms with Crippen molar-refractivity contribution in [1.82, 2.24) is 14.6 Å². The number of methoxy groups -OCH3 is 1. The smallest absolute Gasteiger partial charge is 0.424 e. The molecule has 0 radical (unpaired) electrons. The third-order valence-electron chi connectivity index (χ3n) is 9.03. The van der Waals surface area contributed by atoms with Gasteiger partial charge >= 0.3 is 12.1 Å². The highest BCUT2D eigenvalue weighted by molar-refractivity contribution is 14.1. The van der Waals surface area contributed by atoms with Crippen LogP contribution in [0.5, 0.6) is 5.75 Å². The Morgan fingerprint density at radius 2 is 1.51 bits per heavy atom. The van der Waals surface area contributed by atoms with Gasteiger partial charge in [-0.05, 0) is 63.9 Å². The summed E-state index contributed by atoms with van der Waals surface area (Å²) in [5.74, 6) is -2.37. The molecule has 0 saturated heterocycles. The van der Waals surface area contributed by atoms with E-state index in [2.05, 4.69) is 32.7 Å². The van der Waals surface area contributed by atoms with Crippen LogP contribution < -0.4 is 15.4 Å². The maximum Gasteiger partial charge on any atom is 0.424 e. The lowest BCUT2D eigenvalue weighted by Gasteiger charge is -2.27. The van der Waals surface area contributed by atoms with Crippen LogP contribution >= 0.6 is 22.6 Å². The summed E-state index contributed by atoms with van der Waals surface area (Å²) >= 11 is 2.15. The highest BCUT2D eigenvalue weighted by Crippen LogP contribution is 2.36. The second-order valence-electron chi connectivity index (χ2n) is 13.9. The second-order valence-corrected chi connectivity index (χ2v) is 15.9. The molecule has 0 aliphatic heterocycles. The Kier molecular flexibility index (Phi) is 15.3. The van der Waals surface area contributed by atoms with Crippen molar-refractivity contribution in [2.45, 2.75) is 64.2 Å². The zero-order chi connectivity index (χ0) is 42.2. The molecule has 2 N–H and O–H groups in total. The van der Waals surface area contributed by atoms with Crippen LogP contribution in [0.3, 0.4) is 0 Å². The number of ether oxygens (including phenoxy) is 3. The number of aromatic nitrogens is 3. The molecular weight excluding hydrogens is 868 g/mol. The molecule has 16 heteroatoms. The largest absolute Gasteiger partial charge is 0.495 e. The first-order valence-electron chi connectivity index (χ1n) is 17.9. The summed E-state index contributed by atoms with van der Waals surface area (Å²) in [5, 5.41) is 4.58. The Bertz CT molecular complexity index is 2300. The second kappa shape index (κ2) is 19.5. The van der Waals surface area contributed by atoms with Crippen molar-refractivity contribution in [3.05, 3.63) is 102 Å². The minimum Gasteiger partial charge on any atom is -0.495 e. The summed E-state index contributed by atoms with van der Waals surface area (Å²) in [6.45, 7) is 8.71. The molecule has 3 atom stereocenters. The third-order valence-corrected chi connectivity index (χ3v) is 10.1. The zero-order valence-corrected chi connectivity index (χ0v) is 35.9. The van der Waals surface area contributed by atoms with Gasteiger partial charge in [0.15, 0.2) is 15.5 Å². The fourth-order valence-corrected chi connectivity index (χ4v) is 6.15. The van der Waals surface area contributed by atoms with Crippen LogP contribution in [0.15, 0.2) is 90.0 Å². The lowest BCUT2D eigenvalue weighted by atomic mass is 9.92. The van der Waals surface area contributed by atoms with Gasteiger partial charge in [0.25, 0.3) is 12.2 Å². The number of hydrogen-bond donors (Lipinski definition) is 1. The molecule has 2 heterocycles. The van der Waals surface area contributed by atoms with Crippen molar-refractivity contribution in [2.24, 2.45) is 17.6 Å². The van der Waals surface area contributed by atoms with E-state index in [1.54, 1.807) is 59.0 Å². The van der Waals surface area contributed by atoms with Crippen LogP contribution in [0.4, 0.5) is 20.8 Å². The van der Waals surface area contributed by atoms with E-state index >= 15 is 0 Å². The summed E-state index contributed by atoms with van der Waals surface area (Å²) in [6, 6.07) is 19.9. The van der Waals surface area contributed by atoms with Gasteiger partial charge in [0, 0.05) is 42.3 Å². The number of rotatable bonds is 14. The summed E-state index contributed by atoms with van der Waals surface area (Å²) in [4.78, 5) is 47.3. The number of alkyl halides is 1. The molecule has 0 saturated carbocycles. The molecule has 3 aromatic carbocycles. The first-order valence-corrected chi connectivity index (χ1v) is 22.0. The normalized spacial score (nSPS) is 13.0. The maximum atomic E-state index is 14.1. The summed E-state index contributed by atoms with van der Waals surface area (Å²) in [6.07, 6.45) is 0.572. The minimum absolute atomic E-state index is 0.00129. The van der Waals surface area contributed by atoms with E-state index in [-0.39, 0.29) is 46.2 Å². The van der Waals surface area contributed by atoms with Crippen molar-refractivity contribution in [2.75, 3.05) is 23.2 Å². The van der Waals surface area contributed by atoms with Crippen molar-refractivity contribution >= 4 is 67.6 Å². The van der Waals surface area contributed by atoms with Gasteiger partial charge in [0.05, 0.1) is 17.7 Å². The van der Waals surface area contributed by atoms with Crippen molar-refractivity contribution in [3.8, 4) is 16.9 Å². The van der Waals surface area contributed by atoms with Gasteiger partial charge < -0.3 is 19.9 Å². The molecule has 0 bridgehead atoms. The number of carbonyl (C=O) groups excluding carboxylic acids is 3. The van der Waals surface area contributed by atoms with Gasteiger partial charge in [0.1, 0.15) is 23.4 Å². The minimum atomic E-state index is -3.65. The molecule has 0 spiro atoms. The highest BCUT2D eigenvalue weighted by Gasteiger charge is 2.33. The lowest BCUT2D eigenvalue weighted by molar-refractivity contribution is -0.177. The number of hydrogen-bond acceptors (Lipinski definition) is 11. The van der Waals surface area contributed by atoms with Crippen molar-refractivity contribution in [1.29, 1.82) is 0 Å². The molecule has 2 aromatic heterocycles. The Morgan fingerprint density at radius 3 is 2.09 bits per heavy atom. The molecule has 304 valence electrons. The fraction of sp³-hybridized carbons (Fsp3) is 0.341. The molecule has 0 fully saturated rings. The van der Waals surface area contributed by atoms with E-state index in [4.69, 9.17) is 19.9 Å². The quantitative estimate of drug-likeness (QED) is 0.0501. The molecule has 5 rings (SSSR count). The Labute approximate surface area is 345 Å². The third kappa shape index (κ3) is 11.1. The van der Waals surface area contributed by atoms with Gasteiger partial charge in [0.2, 0.25) is 0 Å². The van der Waals surface area contributed by atoms with Crippen LogP contribution in [0.1, 0.15) is 51.7 Å². The number of amides is 1. The van der Waals surface area contributed by atoms with E-state index in [0.717, 1.165) is 33.4 Å². The van der Waals surface area contributed by atoms with Gasteiger partial charge in [-0.1, -0.05) is 93.6 Å². The molecular formula is C41H47FIN5O8S. The number of ketones is 1. The average molecular weight is 916 g/mol. The predicted molar refractivity (Wildman–Crippen MR) is 224 cm³/mol. The molecule has 13 nitrogen and oxygen atoms in total. The number of benzene rings is 3. The molecule has 0 aliphatic rings. The number of sulfone groups is 1. The van der Waals surface area contributed by atoms with Crippen molar-refractivity contribution in [3.63, 3.8) is 0 Å². The van der Waals surface area contributed by atoms with Crippen LogP contribution in [0.25, 0.3) is 16.8 Å². The van der Waals surface area contributed by atoms with E-state index in [0.29, 0.717) is 5.65 Å². The number of nitrogens with two attached hydrogens (primary N) is 1. The average Bonchev–Trinajstić information content (AvgIpc) is 3.60. The molecule has 1 amide bonds.